The lowest BCUT2D eigenvalue weighted by molar-refractivity contribution is 0.0691. The van der Waals surface area contributed by atoms with E-state index in [9.17, 15) is 9.59 Å². The van der Waals surface area contributed by atoms with Crippen molar-refractivity contribution < 1.29 is 14.7 Å². The van der Waals surface area contributed by atoms with Crippen LogP contribution in [0.4, 0.5) is 10.5 Å². The molecule has 7 nitrogen and oxygen atoms in total. The van der Waals surface area contributed by atoms with E-state index in [4.69, 9.17) is 5.11 Å². The number of amides is 2. The van der Waals surface area contributed by atoms with Crippen molar-refractivity contribution in [3.8, 4) is 0 Å². The van der Waals surface area contributed by atoms with Crippen molar-refractivity contribution in [3.05, 3.63) is 24.0 Å². The van der Waals surface area contributed by atoms with Crippen LogP contribution in [0.25, 0.3) is 0 Å². The molecular formula is C14H20N4O3. The zero-order chi connectivity index (χ0) is 15.1. The molecule has 2 heterocycles. The number of aromatic carboxylic acids is 1. The van der Waals surface area contributed by atoms with Gasteiger partial charge in [-0.1, -0.05) is 6.42 Å². The summed E-state index contributed by atoms with van der Waals surface area (Å²) in [5.41, 5.74) is 0.0316. The first-order valence-electron chi connectivity index (χ1n) is 7.12. The van der Waals surface area contributed by atoms with Crippen LogP contribution in [0.1, 0.15) is 29.8 Å². The van der Waals surface area contributed by atoms with Gasteiger partial charge < -0.3 is 20.6 Å². The van der Waals surface area contributed by atoms with E-state index in [2.05, 4.69) is 20.5 Å². The normalized spacial score (nSPS) is 15.4. The maximum Gasteiger partial charge on any atom is 0.356 e. The van der Waals surface area contributed by atoms with Crippen molar-refractivity contribution in [1.29, 1.82) is 0 Å². The molecule has 0 bridgehead atoms. The van der Waals surface area contributed by atoms with Gasteiger partial charge >= 0.3 is 12.0 Å². The van der Waals surface area contributed by atoms with Gasteiger partial charge in [-0.25, -0.2) is 14.6 Å². The SMILES string of the molecule is O=C(NCCN1CCCCC1)Nc1cccnc1C(=O)O. The number of aromatic nitrogens is 1. The zero-order valence-corrected chi connectivity index (χ0v) is 11.8. The Bertz CT molecular complexity index is 501. The number of carbonyl (C=O) groups is 2. The van der Waals surface area contributed by atoms with Crippen LogP contribution in [-0.2, 0) is 0 Å². The Morgan fingerprint density at radius 1 is 1.29 bits per heavy atom. The predicted octanol–water partition coefficient (Wildman–Crippen LogP) is 1.39. The molecule has 0 aromatic carbocycles. The summed E-state index contributed by atoms with van der Waals surface area (Å²) < 4.78 is 0. The van der Waals surface area contributed by atoms with Crippen molar-refractivity contribution in [1.82, 2.24) is 15.2 Å². The van der Waals surface area contributed by atoms with Crippen LogP contribution >= 0.6 is 0 Å². The molecule has 21 heavy (non-hydrogen) atoms. The molecule has 3 N–H and O–H groups in total. The summed E-state index contributed by atoms with van der Waals surface area (Å²) in [4.78, 5) is 28.8. The van der Waals surface area contributed by atoms with Gasteiger partial charge in [0, 0.05) is 19.3 Å². The van der Waals surface area contributed by atoms with E-state index in [1.165, 1.54) is 31.5 Å². The number of hydrogen-bond donors (Lipinski definition) is 3. The minimum absolute atomic E-state index is 0.163. The summed E-state index contributed by atoms with van der Waals surface area (Å²) in [6.07, 6.45) is 5.08. The molecule has 0 aliphatic carbocycles. The van der Waals surface area contributed by atoms with E-state index < -0.39 is 12.0 Å². The van der Waals surface area contributed by atoms with Crippen molar-refractivity contribution in [2.24, 2.45) is 0 Å². The summed E-state index contributed by atoms with van der Waals surface area (Å²) in [6, 6.07) is 2.68. The van der Waals surface area contributed by atoms with Crippen LogP contribution in [0.15, 0.2) is 18.3 Å². The number of pyridine rings is 1. The molecule has 0 saturated carbocycles. The lowest BCUT2D eigenvalue weighted by Gasteiger charge is -2.26. The zero-order valence-electron chi connectivity index (χ0n) is 11.8. The molecule has 0 atom stereocenters. The number of nitrogens with zero attached hydrogens (tertiary/aromatic N) is 2. The standard InChI is InChI=1S/C14H20N4O3/c19-13(20)12-11(5-4-6-15-12)17-14(21)16-7-10-18-8-2-1-3-9-18/h4-6H,1-3,7-10H2,(H,19,20)(H2,16,17,21). The second-order valence-electron chi connectivity index (χ2n) is 4.99. The molecule has 1 aliphatic heterocycles. The van der Waals surface area contributed by atoms with Crippen LogP contribution in [0.3, 0.4) is 0 Å². The van der Waals surface area contributed by atoms with Crippen LogP contribution in [0.5, 0.6) is 0 Å². The quantitative estimate of drug-likeness (QED) is 0.762. The highest BCUT2D eigenvalue weighted by molar-refractivity contribution is 5.98. The molecule has 1 aromatic rings. The summed E-state index contributed by atoms with van der Waals surface area (Å²) >= 11 is 0. The molecule has 114 valence electrons. The van der Waals surface area contributed by atoms with Crippen LogP contribution in [-0.4, -0.2) is 53.2 Å². The average molecular weight is 292 g/mol. The Morgan fingerprint density at radius 3 is 2.76 bits per heavy atom. The Balaban J connectivity index is 1.78. The second-order valence-corrected chi connectivity index (χ2v) is 4.99. The molecule has 2 rings (SSSR count). The number of carbonyl (C=O) groups excluding carboxylic acids is 1. The smallest absolute Gasteiger partial charge is 0.356 e. The maximum atomic E-state index is 11.8. The highest BCUT2D eigenvalue weighted by Crippen LogP contribution is 2.11. The topological polar surface area (TPSA) is 94.6 Å². The number of likely N-dealkylation sites (tertiary alicyclic amines) is 1. The number of hydrogen-bond acceptors (Lipinski definition) is 4. The summed E-state index contributed by atoms with van der Waals surface area (Å²) in [6.45, 7) is 3.50. The molecule has 1 aliphatic rings. The molecule has 0 radical (unpaired) electrons. The Labute approximate surface area is 123 Å². The lowest BCUT2D eigenvalue weighted by Crippen LogP contribution is -2.39. The predicted molar refractivity (Wildman–Crippen MR) is 78.5 cm³/mol. The van der Waals surface area contributed by atoms with Gasteiger partial charge in [-0.15, -0.1) is 0 Å². The Hall–Kier alpha value is -2.15. The van der Waals surface area contributed by atoms with Crippen LogP contribution in [0, 0.1) is 0 Å². The van der Waals surface area contributed by atoms with Gasteiger partial charge in [0.25, 0.3) is 0 Å². The molecule has 1 saturated heterocycles. The van der Waals surface area contributed by atoms with Crippen LogP contribution < -0.4 is 10.6 Å². The number of urea groups is 1. The van der Waals surface area contributed by atoms with Crippen LogP contribution in [0.2, 0.25) is 0 Å². The van der Waals surface area contributed by atoms with Crippen molar-refractivity contribution in [2.75, 3.05) is 31.5 Å². The molecular weight excluding hydrogens is 272 g/mol. The first kappa shape index (κ1) is 15.2. The van der Waals surface area contributed by atoms with Crippen molar-refractivity contribution in [3.63, 3.8) is 0 Å². The van der Waals surface area contributed by atoms with E-state index in [0.29, 0.717) is 6.54 Å². The molecule has 7 heteroatoms. The van der Waals surface area contributed by atoms with Gasteiger partial charge in [-0.2, -0.15) is 0 Å². The first-order chi connectivity index (χ1) is 10.2. The number of carboxylic acid groups (broad SMARTS) is 1. The van der Waals surface area contributed by atoms with E-state index >= 15 is 0 Å². The summed E-state index contributed by atoms with van der Waals surface area (Å²) in [5.74, 6) is -1.17. The highest BCUT2D eigenvalue weighted by atomic mass is 16.4. The van der Waals surface area contributed by atoms with Gasteiger partial charge in [-0.3, -0.25) is 0 Å². The van der Waals surface area contributed by atoms with E-state index in [1.807, 2.05) is 0 Å². The third-order valence-electron chi connectivity index (χ3n) is 3.42. The highest BCUT2D eigenvalue weighted by Gasteiger charge is 2.13. The molecule has 1 fully saturated rings. The monoisotopic (exact) mass is 292 g/mol. The lowest BCUT2D eigenvalue weighted by atomic mass is 10.1. The van der Waals surface area contributed by atoms with E-state index in [-0.39, 0.29) is 11.4 Å². The van der Waals surface area contributed by atoms with E-state index in [0.717, 1.165) is 19.6 Å². The Kier molecular flexibility index (Phi) is 5.51. The molecule has 0 unspecified atom stereocenters. The number of piperidine rings is 1. The molecule has 1 aromatic heterocycles. The van der Waals surface area contributed by atoms with Gasteiger partial charge in [0.1, 0.15) is 0 Å². The number of anilines is 1. The van der Waals surface area contributed by atoms with Crippen molar-refractivity contribution >= 4 is 17.7 Å². The minimum Gasteiger partial charge on any atom is -0.476 e. The third kappa shape index (κ3) is 4.71. The second kappa shape index (κ2) is 7.58. The summed E-state index contributed by atoms with van der Waals surface area (Å²) in [5, 5.41) is 14.2. The fraction of sp³-hybridized carbons (Fsp3) is 0.500. The maximum absolute atomic E-state index is 11.8. The van der Waals surface area contributed by atoms with Crippen molar-refractivity contribution in [2.45, 2.75) is 19.3 Å². The molecule has 0 spiro atoms. The van der Waals surface area contributed by atoms with Gasteiger partial charge in [0.2, 0.25) is 0 Å². The fourth-order valence-corrected chi connectivity index (χ4v) is 2.35. The number of rotatable bonds is 5. The minimum atomic E-state index is -1.17. The van der Waals surface area contributed by atoms with Gasteiger partial charge in [0.15, 0.2) is 5.69 Å². The first-order valence-corrected chi connectivity index (χ1v) is 7.12. The molecule has 2 amide bonds. The largest absolute Gasteiger partial charge is 0.476 e. The summed E-state index contributed by atoms with van der Waals surface area (Å²) in [7, 11) is 0. The number of nitrogens with one attached hydrogen (secondary N) is 2. The van der Waals surface area contributed by atoms with E-state index in [1.54, 1.807) is 6.07 Å². The fourth-order valence-electron chi connectivity index (χ4n) is 2.35. The number of carboxylic acids is 1. The third-order valence-corrected chi connectivity index (χ3v) is 3.42. The van der Waals surface area contributed by atoms with Gasteiger partial charge in [0.05, 0.1) is 5.69 Å². The average Bonchev–Trinajstić information content (AvgIpc) is 2.48. The van der Waals surface area contributed by atoms with Gasteiger partial charge in [-0.05, 0) is 38.1 Å². The Morgan fingerprint density at radius 2 is 2.05 bits per heavy atom.